The number of hydrogen-bond acceptors (Lipinski definition) is 8. The number of benzene rings is 2. The van der Waals surface area contributed by atoms with Crippen LogP contribution in [0, 0.1) is 13.8 Å². The molecule has 3 heterocycles. The number of hydrogen-bond donors (Lipinski definition) is 2. The Bertz CT molecular complexity index is 1680. The van der Waals surface area contributed by atoms with Crippen molar-refractivity contribution in [3.8, 4) is 17.3 Å². The van der Waals surface area contributed by atoms with Gasteiger partial charge in [0.2, 0.25) is 5.95 Å². The summed E-state index contributed by atoms with van der Waals surface area (Å²) in [6, 6.07) is 13.9. The van der Waals surface area contributed by atoms with E-state index in [9.17, 15) is 4.79 Å². The quantitative estimate of drug-likeness (QED) is 0.235. The summed E-state index contributed by atoms with van der Waals surface area (Å²) in [7, 11) is 1.59. The van der Waals surface area contributed by atoms with E-state index in [1.54, 1.807) is 25.6 Å². The third-order valence-corrected chi connectivity index (χ3v) is 6.90. The number of aryl methyl sites for hydroxylation is 2. The Morgan fingerprint density at radius 1 is 0.975 bits per heavy atom. The first-order valence-corrected chi connectivity index (χ1v) is 13.2. The number of nitrogens with one attached hydrogen (secondary N) is 2. The van der Waals surface area contributed by atoms with Crippen molar-refractivity contribution < 1.29 is 9.53 Å². The summed E-state index contributed by atoms with van der Waals surface area (Å²) in [5.74, 6) is 3.50. The molecule has 5 aromatic rings. The first kappa shape index (κ1) is 25.3. The average molecular weight is 535 g/mol. The molecule has 3 aromatic heterocycles. The number of nitrogens with zero attached hydrogens (tertiary/aromatic N) is 6. The number of imidazole rings is 2. The second-order valence-corrected chi connectivity index (χ2v) is 9.94. The molecule has 0 amide bonds. The molecule has 1 aliphatic carbocycles. The van der Waals surface area contributed by atoms with Gasteiger partial charge in [-0.05, 0) is 56.0 Å². The Morgan fingerprint density at radius 2 is 1.80 bits per heavy atom. The van der Waals surface area contributed by atoms with Gasteiger partial charge in [-0.15, -0.1) is 0 Å². The summed E-state index contributed by atoms with van der Waals surface area (Å²) in [6.07, 6.45) is 11.4. The predicted octanol–water partition coefficient (Wildman–Crippen LogP) is 5.22. The summed E-state index contributed by atoms with van der Waals surface area (Å²) in [5, 5.41) is 6.72. The minimum absolute atomic E-state index is 0.0113. The van der Waals surface area contributed by atoms with Crippen molar-refractivity contribution >= 4 is 23.2 Å². The topological polar surface area (TPSA) is 112 Å². The lowest BCUT2D eigenvalue weighted by atomic mass is 10.00. The summed E-state index contributed by atoms with van der Waals surface area (Å²) in [4.78, 5) is 30.9. The van der Waals surface area contributed by atoms with Crippen LogP contribution in [0.1, 0.15) is 40.2 Å². The predicted molar refractivity (Wildman–Crippen MR) is 153 cm³/mol. The van der Waals surface area contributed by atoms with Crippen molar-refractivity contribution in [2.24, 2.45) is 0 Å². The number of carbonyl (C=O) groups is 1. The standard InChI is InChI=1S/C30H30N8O2/c1-19-12-21(4-7-26(19)37-10-8-31-20(37)2)13-27(39)22-14-24(16-25(15-22)40-3)36-30-32-9-11-38(30)29-17-28(33-18-34-29)35-23-5-6-23/h4,7-12,14-18,23H,5-6,13H2,1-3H3,(H,32,36)(H,33,34,35). The van der Waals surface area contributed by atoms with Crippen LogP contribution >= 0.6 is 0 Å². The molecule has 2 N–H and O–H groups in total. The molecule has 0 saturated heterocycles. The van der Waals surface area contributed by atoms with E-state index >= 15 is 0 Å². The number of rotatable bonds is 10. The van der Waals surface area contributed by atoms with Crippen LogP contribution in [-0.4, -0.2) is 48.0 Å². The van der Waals surface area contributed by atoms with Gasteiger partial charge in [0, 0.05) is 66.3 Å². The van der Waals surface area contributed by atoms with E-state index in [1.807, 2.05) is 65.7 Å². The second kappa shape index (κ2) is 10.6. The van der Waals surface area contributed by atoms with Crippen LogP contribution < -0.4 is 15.4 Å². The van der Waals surface area contributed by atoms with E-state index in [4.69, 9.17) is 4.74 Å². The van der Waals surface area contributed by atoms with Crippen LogP contribution in [0.5, 0.6) is 5.75 Å². The molecular weight excluding hydrogens is 504 g/mol. The molecule has 0 spiro atoms. The smallest absolute Gasteiger partial charge is 0.213 e. The van der Waals surface area contributed by atoms with Crippen molar-refractivity contribution in [1.29, 1.82) is 0 Å². The lowest BCUT2D eigenvalue weighted by molar-refractivity contribution is 0.0992. The fourth-order valence-electron chi connectivity index (χ4n) is 4.67. The summed E-state index contributed by atoms with van der Waals surface area (Å²) >= 11 is 0. The number of Topliss-reactive ketones (excluding diaryl/α,β-unsaturated/α-hetero) is 1. The number of carbonyl (C=O) groups excluding carboxylic acids is 1. The fraction of sp³-hybridized carbons (Fsp3) is 0.233. The number of methoxy groups -OCH3 is 1. The fourth-order valence-corrected chi connectivity index (χ4v) is 4.67. The maximum Gasteiger partial charge on any atom is 0.213 e. The van der Waals surface area contributed by atoms with E-state index in [0.717, 1.165) is 41.3 Å². The van der Waals surface area contributed by atoms with Gasteiger partial charge < -0.3 is 19.9 Å². The normalized spacial score (nSPS) is 12.8. The molecule has 0 aliphatic heterocycles. The van der Waals surface area contributed by atoms with Crippen LogP contribution in [0.3, 0.4) is 0 Å². The second-order valence-electron chi connectivity index (χ2n) is 9.94. The van der Waals surface area contributed by atoms with Gasteiger partial charge in [0.25, 0.3) is 0 Å². The van der Waals surface area contributed by atoms with E-state index in [-0.39, 0.29) is 12.2 Å². The molecule has 6 rings (SSSR count). The molecule has 2 aromatic carbocycles. The Morgan fingerprint density at radius 3 is 2.55 bits per heavy atom. The maximum absolute atomic E-state index is 13.4. The van der Waals surface area contributed by atoms with Gasteiger partial charge in [-0.2, -0.15) is 0 Å². The van der Waals surface area contributed by atoms with Crippen LogP contribution in [0.4, 0.5) is 17.5 Å². The molecular formula is C30H30N8O2. The molecule has 1 saturated carbocycles. The molecule has 0 unspecified atom stereocenters. The van der Waals surface area contributed by atoms with Crippen molar-refractivity contribution in [3.63, 3.8) is 0 Å². The van der Waals surface area contributed by atoms with Gasteiger partial charge in [0.15, 0.2) is 5.78 Å². The third-order valence-electron chi connectivity index (χ3n) is 6.90. The molecule has 10 nitrogen and oxygen atoms in total. The molecule has 202 valence electrons. The van der Waals surface area contributed by atoms with E-state index < -0.39 is 0 Å². The highest BCUT2D eigenvalue weighted by molar-refractivity contribution is 5.99. The SMILES string of the molecule is COc1cc(Nc2nccn2-c2cc(NC3CC3)ncn2)cc(C(=O)Cc2ccc(-n3ccnc3C)c(C)c2)c1. The lowest BCUT2D eigenvalue weighted by Gasteiger charge is -2.13. The van der Waals surface area contributed by atoms with Gasteiger partial charge in [0.05, 0.1) is 7.11 Å². The van der Waals surface area contributed by atoms with Crippen LogP contribution in [0.2, 0.25) is 0 Å². The van der Waals surface area contributed by atoms with Crippen molar-refractivity contribution in [1.82, 2.24) is 29.1 Å². The highest BCUT2D eigenvalue weighted by Gasteiger charge is 2.21. The minimum Gasteiger partial charge on any atom is -0.497 e. The largest absolute Gasteiger partial charge is 0.497 e. The highest BCUT2D eigenvalue weighted by atomic mass is 16.5. The van der Waals surface area contributed by atoms with Crippen LogP contribution in [0.15, 0.2) is 73.6 Å². The summed E-state index contributed by atoms with van der Waals surface area (Å²) in [6.45, 7) is 4.01. The number of ether oxygens (including phenoxy) is 1. The van der Waals surface area contributed by atoms with Gasteiger partial charge in [-0.1, -0.05) is 12.1 Å². The molecule has 1 fully saturated rings. The molecule has 10 heteroatoms. The first-order valence-electron chi connectivity index (χ1n) is 13.2. The maximum atomic E-state index is 13.4. The first-order chi connectivity index (χ1) is 19.5. The van der Waals surface area contributed by atoms with Gasteiger partial charge in [-0.25, -0.2) is 19.9 Å². The van der Waals surface area contributed by atoms with E-state index in [1.165, 1.54) is 6.33 Å². The summed E-state index contributed by atoms with van der Waals surface area (Å²) < 4.78 is 9.40. The average Bonchev–Trinajstić information content (AvgIpc) is 3.47. The van der Waals surface area contributed by atoms with Crippen molar-refractivity contribution in [2.45, 2.75) is 39.2 Å². The summed E-state index contributed by atoms with van der Waals surface area (Å²) in [5.41, 5.74) is 4.30. The number of ketones is 1. The molecule has 0 atom stereocenters. The van der Waals surface area contributed by atoms with E-state index in [2.05, 4.69) is 36.6 Å². The Balaban J connectivity index is 1.22. The van der Waals surface area contributed by atoms with Gasteiger partial charge >= 0.3 is 0 Å². The van der Waals surface area contributed by atoms with Crippen molar-refractivity contribution in [2.75, 3.05) is 17.7 Å². The molecule has 1 aliphatic rings. The Kier molecular flexibility index (Phi) is 6.73. The van der Waals surface area contributed by atoms with Gasteiger partial charge in [-0.3, -0.25) is 9.36 Å². The van der Waals surface area contributed by atoms with Crippen LogP contribution in [0.25, 0.3) is 11.5 Å². The number of aromatic nitrogens is 6. The third kappa shape index (κ3) is 5.42. The molecule has 40 heavy (non-hydrogen) atoms. The van der Waals surface area contributed by atoms with Crippen molar-refractivity contribution in [3.05, 3.63) is 96.1 Å². The monoisotopic (exact) mass is 534 g/mol. The molecule has 0 radical (unpaired) electrons. The Hall–Kier alpha value is -4.99. The Labute approximate surface area is 232 Å². The van der Waals surface area contributed by atoms with Gasteiger partial charge in [0.1, 0.15) is 29.5 Å². The zero-order valence-corrected chi connectivity index (χ0v) is 22.6. The minimum atomic E-state index is -0.0113. The van der Waals surface area contributed by atoms with Crippen LogP contribution in [-0.2, 0) is 6.42 Å². The lowest BCUT2D eigenvalue weighted by Crippen LogP contribution is -2.08. The highest BCUT2D eigenvalue weighted by Crippen LogP contribution is 2.27. The number of anilines is 3. The van der Waals surface area contributed by atoms with E-state index in [0.29, 0.717) is 34.8 Å². The zero-order valence-electron chi connectivity index (χ0n) is 22.6. The zero-order chi connectivity index (χ0) is 27.6. The molecule has 0 bridgehead atoms.